The number of nitrogens with zero attached hydrogens (tertiary/aromatic N) is 2. The minimum Gasteiger partial charge on any atom is -0.340 e. The zero-order valence-corrected chi connectivity index (χ0v) is 11.5. The molecule has 2 saturated heterocycles. The van der Waals surface area contributed by atoms with E-state index in [1.54, 1.807) is 0 Å². The van der Waals surface area contributed by atoms with Gasteiger partial charge in [-0.15, -0.1) is 12.4 Å². The lowest BCUT2D eigenvalue weighted by atomic mass is 10.0. The van der Waals surface area contributed by atoms with E-state index in [-0.39, 0.29) is 18.4 Å². The van der Waals surface area contributed by atoms with Gasteiger partial charge in [0.2, 0.25) is 5.91 Å². The van der Waals surface area contributed by atoms with Gasteiger partial charge in [0.15, 0.2) is 0 Å². The van der Waals surface area contributed by atoms with E-state index in [1.165, 1.54) is 12.8 Å². The van der Waals surface area contributed by atoms with Crippen molar-refractivity contribution in [3.63, 3.8) is 0 Å². The third kappa shape index (κ3) is 4.12. The second-order valence-electron chi connectivity index (χ2n) is 4.98. The van der Waals surface area contributed by atoms with Gasteiger partial charge < -0.3 is 15.1 Å². The zero-order valence-electron chi connectivity index (χ0n) is 10.7. The Labute approximate surface area is 110 Å². The fraction of sp³-hybridized carbons (Fsp3) is 0.917. The average molecular weight is 262 g/mol. The maximum absolute atomic E-state index is 12.3. The molecule has 0 aromatic heterocycles. The van der Waals surface area contributed by atoms with Gasteiger partial charge in [0.25, 0.3) is 0 Å². The number of amides is 1. The van der Waals surface area contributed by atoms with Crippen molar-refractivity contribution in [2.45, 2.75) is 31.7 Å². The predicted molar refractivity (Wildman–Crippen MR) is 71.6 cm³/mol. The lowest BCUT2D eigenvalue weighted by Gasteiger charge is -2.29. The smallest absolute Gasteiger partial charge is 0.239 e. The second-order valence-corrected chi connectivity index (χ2v) is 4.98. The van der Waals surface area contributed by atoms with Crippen molar-refractivity contribution >= 4 is 18.3 Å². The molecule has 1 atom stereocenters. The molecule has 2 heterocycles. The molecule has 2 aliphatic rings. The Morgan fingerprint density at radius 2 is 1.94 bits per heavy atom. The average Bonchev–Trinajstić information content (AvgIpc) is 2.54. The maximum Gasteiger partial charge on any atom is 0.239 e. The number of hydrogen-bond acceptors (Lipinski definition) is 3. The number of carbonyl (C=O) groups excluding carboxylic acids is 1. The first-order valence-corrected chi connectivity index (χ1v) is 6.48. The Bertz CT molecular complexity index is 244. The van der Waals surface area contributed by atoms with Crippen LogP contribution in [-0.2, 0) is 4.79 Å². The minimum atomic E-state index is 0. The summed E-state index contributed by atoms with van der Waals surface area (Å²) in [5, 5.41) is 3.34. The van der Waals surface area contributed by atoms with E-state index in [0.717, 1.165) is 45.6 Å². The quantitative estimate of drug-likeness (QED) is 0.755. The second kappa shape index (κ2) is 7.19. The SMILES string of the molecule is CN1CCCN(C(=O)[C@@H]2CCCCN2)CC1.Cl. The Morgan fingerprint density at radius 3 is 2.65 bits per heavy atom. The lowest BCUT2D eigenvalue weighted by molar-refractivity contribution is -0.133. The standard InChI is InChI=1S/C12H23N3O.ClH/c1-14-7-4-8-15(10-9-14)12(16)11-5-2-3-6-13-11;/h11,13H,2-10H2,1H3;1H/t11-;/m0./s1. The van der Waals surface area contributed by atoms with Crippen molar-refractivity contribution in [2.24, 2.45) is 0 Å². The van der Waals surface area contributed by atoms with Crippen LogP contribution in [0.2, 0.25) is 0 Å². The van der Waals surface area contributed by atoms with Crippen LogP contribution in [0.1, 0.15) is 25.7 Å². The highest BCUT2D eigenvalue weighted by atomic mass is 35.5. The van der Waals surface area contributed by atoms with Crippen LogP contribution in [0.25, 0.3) is 0 Å². The Morgan fingerprint density at radius 1 is 1.12 bits per heavy atom. The van der Waals surface area contributed by atoms with Gasteiger partial charge in [0.1, 0.15) is 0 Å². The van der Waals surface area contributed by atoms with Crippen molar-refractivity contribution in [2.75, 3.05) is 39.8 Å². The van der Waals surface area contributed by atoms with E-state index in [2.05, 4.69) is 17.3 Å². The van der Waals surface area contributed by atoms with Crippen LogP contribution < -0.4 is 5.32 Å². The normalized spacial score (nSPS) is 27.1. The zero-order chi connectivity index (χ0) is 11.4. The highest BCUT2D eigenvalue weighted by molar-refractivity contribution is 5.85. The number of rotatable bonds is 1. The molecule has 1 N–H and O–H groups in total. The first-order chi connectivity index (χ1) is 7.77. The summed E-state index contributed by atoms with van der Waals surface area (Å²) in [6.45, 7) is 4.96. The Balaban J connectivity index is 0.00000144. The van der Waals surface area contributed by atoms with Gasteiger partial charge in [-0.3, -0.25) is 4.79 Å². The molecule has 2 fully saturated rings. The monoisotopic (exact) mass is 261 g/mol. The van der Waals surface area contributed by atoms with Crippen molar-refractivity contribution in [3.8, 4) is 0 Å². The first kappa shape index (κ1) is 14.7. The van der Waals surface area contributed by atoms with E-state index in [0.29, 0.717) is 5.91 Å². The van der Waals surface area contributed by atoms with Crippen molar-refractivity contribution in [1.82, 2.24) is 15.1 Å². The molecule has 1 amide bonds. The molecule has 0 radical (unpaired) electrons. The van der Waals surface area contributed by atoms with Crippen molar-refractivity contribution in [3.05, 3.63) is 0 Å². The summed E-state index contributed by atoms with van der Waals surface area (Å²) in [6, 6.07) is 0.0946. The van der Waals surface area contributed by atoms with Crippen LogP contribution in [0.5, 0.6) is 0 Å². The van der Waals surface area contributed by atoms with Gasteiger partial charge in [-0.05, 0) is 39.4 Å². The van der Waals surface area contributed by atoms with Crippen LogP contribution in [0.4, 0.5) is 0 Å². The summed E-state index contributed by atoms with van der Waals surface area (Å²) in [7, 11) is 2.13. The third-order valence-corrected chi connectivity index (χ3v) is 3.64. The van der Waals surface area contributed by atoms with Crippen molar-refractivity contribution < 1.29 is 4.79 Å². The van der Waals surface area contributed by atoms with E-state index in [9.17, 15) is 4.79 Å². The molecular formula is C12H24ClN3O. The van der Waals surface area contributed by atoms with Gasteiger partial charge >= 0.3 is 0 Å². The van der Waals surface area contributed by atoms with Gasteiger partial charge in [0.05, 0.1) is 6.04 Å². The van der Waals surface area contributed by atoms with Crippen molar-refractivity contribution in [1.29, 1.82) is 0 Å². The number of nitrogens with one attached hydrogen (secondary N) is 1. The highest BCUT2D eigenvalue weighted by Gasteiger charge is 2.26. The number of piperidine rings is 1. The van der Waals surface area contributed by atoms with E-state index < -0.39 is 0 Å². The fourth-order valence-corrected chi connectivity index (χ4v) is 2.55. The summed E-state index contributed by atoms with van der Waals surface area (Å²) < 4.78 is 0. The molecule has 5 heteroatoms. The predicted octanol–water partition coefficient (Wildman–Crippen LogP) is 0.714. The molecule has 2 aliphatic heterocycles. The van der Waals surface area contributed by atoms with E-state index >= 15 is 0 Å². The molecule has 2 rings (SSSR count). The molecule has 0 saturated carbocycles. The number of carbonyl (C=O) groups is 1. The molecule has 0 aromatic carbocycles. The summed E-state index contributed by atoms with van der Waals surface area (Å²) in [5.74, 6) is 0.329. The molecule has 100 valence electrons. The molecule has 17 heavy (non-hydrogen) atoms. The summed E-state index contributed by atoms with van der Waals surface area (Å²) in [5.41, 5.74) is 0. The minimum absolute atomic E-state index is 0. The topological polar surface area (TPSA) is 35.6 Å². The van der Waals surface area contributed by atoms with Crippen LogP contribution in [0.3, 0.4) is 0 Å². The molecular weight excluding hydrogens is 238 g/mol. The van der Waals surface area contributed by atoms with Crippen LogP contribution in [-0.4, -0.2) is 61.5 Å². The van der Waals surface area contributed by atoms with Gasteiger partial charge in [0, 0.05) is 19.6 Å². The molecule has 0 aromatic rings. The maximum atomic E-state index is 12.3. The number of halogens is 1. The molecule has 4 nitrogen and oxygen atoms in total. The van der Waals surface area contributed by atoms with Crippen LogP contribution in [0, 0.1) is 0 Å². The molecule has 0 aliphatic carbocycles. The first-order valence-electron chi connectivity index (χ1n) is 6.48. The van der Waals surface area contributed by atoms with E-state index in [4.69, 9.17) is 0 Å². The van der Waals surface area contributed by atoms with E-state index in [1.807, 2.05) is 4.90 Å². The molecule has 0 unspecified atom stereocenters. The summed E-state index contributed by atoms with van der Waals surface area (Å²) in [4.78, 5) is 16.6. The molecule has 0 bridgehead atoms. The van der Waals surface area contributed by atoms with Gasteiger partial charge in [-0.1, -0.05) is 6.42 Å². The van der Waals surface area contributed by atoms with Crippen LogP contribution in [0.15, 0.2) is 0 Å². The summed E-state index contributed by atoms with van der Waals surface area (Å²) >= 11 is 0. The molecule has 0 spiro atoms. The Kier molecular flexibility index (Phi) is 6.23. The third-order valence-electron chi connectivity index (χ3n) is 3.64. The largest absolute Gasteiger partial charge is 0.340 e. The highest BCUT2D eigenvalue weighted by Crippen LogP contribution is 2.11. The van der Waals surface area contributed by atoms with Gasteiger partial charge in [-0.25, -0.2) is 0 Å². The van der Waals surface area contributed by atoms with Gasteiger partial charge in [-0.2, -0.15) is 0 Å². The number of likely N-dealkylation sites (N-methyl/N-ethyl adjacent to an activating group) is 1. The number of hydrogen-bond donors (Lipinski definition) is 1. The lowest BCUT2D eigenvalue weighted by Crippen LogP contribution is -2.49. The summed E-state index contributed by atoms with van der Waals surface area (Å²) in [6.07, 6.45) is 4.53. The van der Waals surface area contributed by atoms with Crippen LogP contribution >= 0.6 is 12.4 Å². The Hall–Kier alpha value is -0.320. The fourth-order valence-electron chi connectivity index (χ4n) is 2.55.